The van der Waals surface area contributed by atoms with Crippen molar-refractivity contribution < 1.29 is 34.2 Å². The van der Waals surface area contributed by atoms with E-state index in [4.69, 9.17) is 0 Å². The SMILES string of the molecule is Cc1ccc(Nc2ccc(F)[c]([Ti]([c]3c(F)ccc(Nc4ccc(C)cc4)c3F)([CH]3C=CC=C3)[CH]3C=CC=C3)c2F)cc1. The van der Waals surface area contributed by atoms with Crippen LogP contribution in [0, 0.1) is 37.1 Å². The fourth-order valence-electron chi connectivity index (χ4n) is 6.13. The molecule has 2 aliphatic rings. The monoisotopic (exact) mass is 614 g/mol. The van der Waals surface area contributed by atoms with Gasteiger partial charge in [-0.1, -0.05) is 0 Å². The van der Waals surface area contributed by atoms with E-state index in [9.17, 15) is 0 Å². The molecule has 4 aromatic carbocycles. The molecule has 7 heteroatoms. The van der Waals surface area contributed by atoms with Gasteiger partial charge in [0.25, 0.3) is 0 Å². The van der Waals surface area contributed by atoms with Crippen LogP contribution in [0.2, 0.25) is 8.45 Å². The third-order valence-corrected chi connectivity index (χ3v) is 16.7. The fraction of sp³-hybridized carbons (Fsp3) is 0.111. The average molecular weight is 615 g/mol. The van der Waals surface area contributed by atoms with Crippen molar-refractivity contribution in [3.8, 4) is 0 Å². The Bertz CT molecular complexity index is 1630. The quantitative estimate of drug-likeness (QED) is 0.153. The second-order valence-corrected chi connectivity index (χ2v) is 17.4. The standard InChI is InChI=1S/2C13H10F2N.2C5H5.Ti/c2*1-9-2-5-11(6-3-9)16-13-7-4-10(14)8-12(13)15;2*1-2-4-5-3-1;/h2*2-7,16H,1H3;2*1-5H;. The molecule has 0 fully saturated rings. The number of aryl methyl sites for hydroxylation is 2. The molecule has 0 bridgehead atoms. The van der Waals surface area contributed by atoms with E-state index in [1.165, 1.54) is 24.3 Å². The summed E-state index contributed by atoms with van der Waals surface area (Å²) in [6.07, 6.45) is 14.4. The van der Waals surface area contributed by atoms with Gasteiger partial charge in [-0.15, -0.1) is 0 Å². The van der Waals surface area contributed by atoms with Gasteiger partial charge in [0.1, 0.15) is 0 Å². The van der Waals surface area contributed by atoms with E-state index in [-0.39, 0.29) is 19.1 Å². The van der Waals surface area contributed by atoms with Crippen molar-refractivity contribution in [2.45, 2.75) is 22.3 Å². The molecule has 0 saturated heterocycles. The minimum absolute atomic E-state index is 0.0434. The summed E-state index contributed by atoms with van der Waals surface area (Å²) in [7, 11) is 0. The van der Waals surface area contributed by atoms with Crippen molar-refractivity contribution >= 4 is 30.5 Å². The van der Waals surface area contributed by atoms with Gasteiger partial charge in [0, 0.05) is 0 Å². The third-order valence-electron chi connectivity index (χ3n) is 8.22. The first-order valence-electron chi connectivity index (χ1n) is 14.1. The van der Waals surface area contributed by atoms with E-state index < -0.39 is 48.3 Å². The molecule has 2 N–H and O–H groups in total. The second kappa shape index (κ2) is 11.9. The van der Waals surface area contributed by atoms with Crippen LogP contribution >= 0.6 is 0 Å². The summed E-state index contributed by atoms with van der Waals surface area (Å²) in [6, 6.07) is 19.8. The molecular weight excluding hydrogens is 584 g/mol. The summed E-state index contributed by atoms with van der Waals surface area (Å²) in [5.74, 6) is -3.30. The molecule has 0 spiro atoms. The first-order valence-corrected chi connectivity index (χ1v) is 17.5. The molecule has 0 amide bonds. The molecular formula is C36H30F4N2Ti. The average Bonchev–Trinajstić information content (AvgIpc) is 3.73. The maximum absolute atomic E-state index is 16.9. The molecule has 43 heavy (non-hydrogen) atoms. The Morgan fingerprint density at radius 2 is 0.837 bits per heavy atom. The van der Waals surface area contributed by atoms with Crippen LogP contribution in [-0.4, -0.2) is 0 Å². The predicted octanol–water partition coefficient (Wildman–Crippen LogP) is 9.28. The zero-order valence-corrected chi connectivity index (χ0v) is 25.3. The van der Waals surface area contributed by atoms with E-state index in [2.05, 4.69) is 10.6 Å². The molecule has 0 atom stereocenters. The van der Waals surface area contributed by atoms with E-state index >= 15 is 17.6 Å². The van der Waals surface area contributed by atoms with Crippen molar-refractivity contribution in [1.82, 2.24) is 0 Å². The van der Waals surface area contributed by atoms with Crippen LogP contribution in [0.15, 0.2) is 121 Å². The zero-order valence-electron chi connectivity index (χ0n) is 23.7. The first kappa shape index (κ1) is 29.0. The van der Waals surface area contributed by atoms with Crippen molar-refractivity contribution in [2.24, 2.45) is 0 Å². The van der Waals surface area contributed by atoms with Crippen LogP contribution in [0.1, 0.15) is 11.1 Å². The Hall–Kier alpha value is -4.13. The molecule has 0 heterocycles. The Morgan fingerprint density at radius 1 is 0.488 bits per heavy atom. The van der Waals surface area contributed by atoms with Crippen molar-refractivity contribution in [3.05, 3.63) is 156 Å². The summed E-state index contributed by atoms with van der Waals surface area (Å²) in [4.78, 5) is 0. The molecule has 0 aliphatic heterocycles. The normalized spacial score (nSPS) is 14.7. The molecule has 0 aromatic heterocycles. The van der Waals surface area contributed by atoms with Crippen LogP contribution in [0.5, 0.6) is 0 Å². The van der Waals surface area contributed by atoms with Gasteiger partial charge in [0.05, 0.1) is 0 Å². The number of nitrogens with one attached hydrogen (secondary N) is 2. The molecule has 6 rings (SSSR count). The summed E-state index contributed by atoms with van der Waals surface area (Å²) in [6.45, 7) is 3.89. The topological polar surface area (TPSA) is 24.1 Å². The van der Waals surface area contributed by atoms with Gasteiger partial charge in [-0.25, -0.2) is 0 Å². The van der Waals surface area contributed by atoms with E-state index in [1.54, 1.807) is 48.6 Å². The number of anilines is 4. The summed E-state index contributed by atoms with van der Waals surface area (Å²) in [5, 5.41) is 6.13. The predicted molar refractivity (Wildman–Crippen MR) is 165 cm³/mol. The first-order chi connectivity index (χ1) is 20.8. The summed E-state index contributed by atoms with van der Waals surface area (Å²) in [5.41, 5.74) is 3.38. The van der Waals surface area contributed by atoms with Crippen molar-refractivity contribution in [2.75, 3.05) is 10.6 Å². The number of hydrogen-bond donors (Lipinski definition) is 2. The van der Waals surface area contributed by atoms with E-state index in [1.807, 2.05) is 62.4 Å². The van der Waals surface area contributed by atoms with E-state index in [0.29, 0.717) is 11.4 Å². The van der Waals surface area contributed by atoms with Gasteiger partial charge in [-0.05, 0) is 0 Å². The third kappa shape index (κ3) is 5.30. The Balaban J connectivity index is 1.61. The number of halogens is 4. The number of allylic oxidation sites excluding steroid dienone is 8. The summed E-state index contributed by atoms with van der Waals surface area (Å²) >= 11 is -4.89. The summed E-state index contributed by atoms with van der Waals surface area (Å²) < 4.78 is 64.8. The minimum atomic E-state index is -4.89. The van der Waals surface area contributed by atoms with Gasteiger partial charge < -0.3 is 0 Å². The fourth-order valence-corrected chi connectivity index (χ4v) is 14.9. The van der Waals surface area contributed by atoms with Gasteiger partial charge in [-0.2, -0.15) is 0 Å². The Kier molecular flexibility index (Phi) is 8.00. The molecule has 2 aliphatic carbocycles. The van der Waals surface area contributed by atoms with Crippen LogP contribution in [0.4, 0.5) is 40.3 Å². The number of benzene rings is 4. The molecule has 0 unspecified atom stereocenters. The van der Waals surface area contributed by atoms with Crippen LogP contribution in [0.25, 0.3) is 0 Å². The molecule has 216 valence electrons. The van der Waals surface area contributed by atoms with Gasteiger partial charge in [0.2, 0.25) is 0 Å². The number of hydrogen-bond acceptors (Lipinski definition) is 2. The van der Waals surface area contributed by atoms with Crippen molar-refractivity contribution in [3.63, 3.8) is 0 Å². The van der Waals surface area contributed by atoms with Crippen LogP contribution in [-0.2, 0) is 16.6 Å². The molecule has 4 aromatic rings. The molecule has 2 nitrogen and oxygen atoms in total. The Morgan fingerprint density at radius 3 is 1.19 bits per heavy atom. The van der Waals surface area contributed by atoms with Gasteiger partial charge in [-0.3, -0.25) is 0 Å². The van der Waals surface area contributed by atoms with Crippen molar-refractivity contribution in [1.29, 1.82) is 0 Å². The van der Waals surface area contributed by atoms with Crippen LogP contribution < -0.4 is 18.4 Å². The molecule has 0 saturated carbocycles. The van der Waals surface area contributed by atoms with E-state index in [0.717, 1.165) is 11.1 Å². The Labute approximate surface area is 252 Å². The second-order valence-electron chi connectivity index (χ2n) is 11.0. The van der Waals surface area contributed by atoms with Crippen LogP contribution in [0.3, 0.4) is 0 Å². The number of rotatable bonds is 8. The molecule has 0 radical (unpaired) electrons. The maximum atomic E-state index is 16.9. The van der Waals surface area contributed by atoms with Gasteiger partial charge >= 0.3 is 253 Å². The zero-order chi connectivity index (χ0) is 30.1. The van der Waals surface area contributed by atoms with Gasteiger partial charge in [0.15, 0.2) is 0 Å².